The average Bonchev–Trinajstić information content (AvgIpc) is 2.54. The molecule has 0 unspecified atom stereocenters. The molecule has 9 nitrogen and oxygen atoms in total. The predicted octanol–water partition coefficient (Wildman–Crippen LogP) is -1.61. The lowest BCUT2D eigenvalue weighted by Gasteiger charge is -2.43. The molecular formula is C14H21N3O6S. The summed E-state index contributed by atoms with van der Waals surface area (Å²) in [5.41, 5.74) is -0.0269. The van der Waals surface area contributed by atoms with E-state index in [0.29, 0.717) is 10.7 Å². The van der Waals surface area contributed by atoms with Gasteiger partial charge in [-0.3, -0.25) is 14.2 Å². The molecule has 0 aromatic carbocycles. The number of rotatable bonds is 4. The van der Waals surface area contributed by atoms with Gasteiger partial charge in [0.2, 0.25) is 5.91 Å². The van der Waals surface area contributed by atoms with Crippen molar-refractivity contribution in [2.75, 3.05) is 12.9 Å². The highest BCUT2D eigenvalue weighted by molar-refractivity contribution is 7.98. The molecule has 1 aliphatic heterocycles. The van der Waals surface area contributed by atoms with Crippen molar-refractivity contribution in [3.05, 3.63) is 22.1 Å². The molecule has 24 heavy (non-hydrogen) atoms. The maximum absolute atomic E-state index is 11.8. The molecule has 4 N–H and O–H groups in total. The fourth-order valence-electron chi connectivity index (χ4n) is 2.61. The van der Waals surface area contributed by atoms with Crippen molar-refractivity contribution in [1.29, 1.82) is 0 Å². The van der Waals surface area contributed by atoms with Crippen LogP contribution in [0.15, 0.2) is 16.1 Å². The molecule has 2 rings (SSSR count). The van der Waals surface area contributed by atoms with Crippen molar-refractivity contribution in [3.63, 3.8) is 0 Å². The number of carbonyl (C=O) groups is 1. The topological polar surface area (TPSA) is 134 Å². The largest absolute Gasteiger partial charge is 0.394 e. The number of hydrogen-bond donors (Lipinski definition) is 4. The number of nitrogens with zero attached hydrogens (tertiary/aromatic N) is 2. The van der Waals surface area contributed by atoms with Crippen molar-refractivity contribution in [2.24, 2.45) is 0 Å². The van der Waals surface area contributed by atoms with Crippen molar-refractivity contribution in [3.8, 4) is 0 Å². The van der Waals surface area contributed by atoms with Crippen LogP contribution in [-0.2, 0) is 9.53 Å². The minimum Gasteiger partial charge on any atom is -0.394 e. The number of nitrogens with one attached hydrogen (secondary N) is 1. The molecule has 134 valence electrons. The van der Waals surface area contributed by atoms with Gasteiger partial charge in [-0.25, -0.2) is 0 Å². The summed E-state index contributed by atoms with van der Waals surface area (Å²) in [7, 11) is 0. The number of aliphatic hydroxyl groups excluding tert-OH is 3. The van der Waals surface area contributed by atoms with Crippen LogP contribution >= 0.6 is 11.8 Å². The molecule has 1 fully saturated rings. The van der Waals surface area contributed by atoms with Gasteiger partial charge in [-0.15, -0.1) is 0 Å². The second-order valence-corrected chi connectivity index (χ2v) is 6.35. The Morgan fingerprint density at radius 2 is 2.12 bits per heavy atom. The van der Waals surface area contributed by atoms with E-state index in [1.54, 1.807) is 13.2 Å². The lowest BCUT2D eigenvalue weighted by Crippen LogP contribution is -2.62. The number of hydrogen-bond acceptors (Lipinski definition) is 8. The monoisotopic (exact) mass is 359 g/mol. The van der Waals surface area contributed by atoms with E-state index < -0.39 is 43.1 Å². The molecule has 1 amide bonds. The zero-order valence-corrected chi connectivity index (χ0v) is 14.4. The van der Waals surface area contributed by atoms with Gasteiger partial charge in [-0.1, -0.05) is 11.8 Å². The molecule has 1 saturated heterocycles. The standard InChI is InChI=1S/C14H21N3O6S/c1-6-4-17(14(24-3)16-12(6)22)13-9(15-7(2)19)11(21)10(20)8(5-18)23-13/h4,8-11,13,18,20-21H,5H2,1-3H3,(H,15,19)/t8-,9+,10-,11+,13-/m1/s1. The highest BCUT2D eigenvalue weighted by atomic mass is 32.2. The molecule has 0 aliphatic carbocycles. The lowest BCUT2D eigenvalue weighted by molar-refractivity contribution is -0.218. The third kappa shape index (κ3) is 3.62. The number of carbonyl (C=O) groups excluding carboxylic acids is 1. The first kappa shape index (κ1) is 18.9. The van der Waals surface area contributed by atoms with Gasteiger partial charge in [-0.05, 0) is 13.2 Å². The van der Waals surface area contributed by atoms with Crippen LogP contribution in [0.5, 0.6) is 0 Å². The van der Waals surface area contributed by atoms with Gasteiger partial charge in [0.15, 0.2) is 11.4 Å². The molecule has 1 aliphatic rings. The van der Waals surface area contributed by atoms with Crippen molar-refractivity contribution in [2.45, 2.75) is 49.6 Å². The summed E-state index contributed by atoms with van der Waals surface area (Å²) in [5, 5.41) is 32.6. The quantitative estimate of drug-likeness (QED) is 0.373. The molecule has 1 aromatic rings. The van der Waals surface area contributed by atoms with E-state index in [-0.39, 0.29) is 5.56 Å². The number of aromatic nitrogens is 2. The van der Waals surface area contributed by atoms with Crippen LogP contribution in [0.25, 0.3) is 0 Å². The third-order valence-electron chi connectivity index (χ3n) is 3.81. The van der Waals surface area contributed by atoms with Gasteiger partial charge >= 0.3 is 0 Å². The van der Waals surface area contributed by atoms with Crippen LogP contribution in [0.3, 0.4) is 0 Å². The summed E-state index contributed by atoms with van der Waals surface area (Å²) in [6.07, 6.45) is -1.48. The van der Waals surface area contributed by atoms with Crippen molar-refractivity contribution >= 4 is 17.7 Å². The molecule has 5 atom stereocenters. The van der Waals surface area contributed by atoms with Crippen LogP contribution in [0, 0.1) is 6.92 Å². The van der Waals surface area contributed by atoms with Gasteiger partial charge in [0.05, 0.1) is 6.61 Å². The molecule has 1 aromatic heterocycles. The Morgan fingerprint density at radius 3 is 2.67 bits per heavy atom. The molecule has 0 bridgehead atoms. The Morgan fingerprint density at radius 1 is 1.46 bits per heavy atom. The first-order valence-corrected chi connectivity index (χ1v) is 8.56. The van der Waals surface area contributed by atoms with E-state index in [1.807, 2.05) is 0 Å². The van der Waals surface area contributed by atoms with Crippen molar-refractivity contribution in [1.82, 2.24) is 14.9 Å². The molecular weight excluding hydrogens is 338 g/mol. The highest BCUT2D eigenvalue weighted by Crippen LogP contribution is 2.30. The summed E-state index contributed by atoms with van der Waals surface area (Å²) in [6, 6.07) is -0.977. The summed E-state index contributed by atoms with van der Waals surface area (Å²) in [5.74, 6) is -0.418. The molecule has 0 saturated carbocycles. The Balaban J connectivity index is 2.52. The number of ether oxygens (including phenoxy) is 1. The first-order chi connectivity index (χ1) is 11.3. The van der Waals surface area contributed by atoms with E-state index >= 15 is 0 Å². The summed E-state index contributed by atoms with van der Waals surface area (Å²) in [4.78, 5) is 27.2. The zero-order chi connectivity index (χ0) is 18.0. The maximum atomic E-state index is 11.8. The lowest BCUT2D eigenvalue weighted by atomic mass is 9.95. The zero-order valence-electron chi connectivity index (χ0n) is 13.5. The van der Waals surface area contributed by atoms with Crippen LogP contribution in [-0.4, -0.2) is 68.0 Å². The van der Waals surface area contributed by atoms with E-state index in [0.717, 1.165) is 0 Å². The molecule has 0 spiro atoms. The number of thioether (sulfide) groups is 1. The van der Waals surface area contributed by atoms with Gasteiger partial charge < -0.3 is 25.4 Å². The van der Waals surface area contributed by atoms with Crippen LogP contribution in [0.2, 0.25) is 0 Å². The fourth-order valence-corrected chi connectivity index (χ4v) is 3.15. The van der Waals surface area contributed by atoms with Gasteiger partial charge in [0, 0.05) is 18.7 Å². The van der Waals surface area contributed by atoms with Gasteiger partial charge in [-0.2, -0.15) is 4.98 Å². The Bertz CT molecular complexity index is 666. The first-order valence-electron chi connectivity index (χ1n) is 7.33. The molecule has 10 heteroatoms. The smallest absolute Gasteiger partial charge is 0.276 e. The predicted molar refractivity (Wildman–Crippen MR) is 85.6 cm³/mol. The maximum Gasteiger partial charge on any atom is 0.276 e. The SMILES string of the molecule is CSc1nc(=O)c(C)cn1[C@@H]1O[C@H](CO)[C@@H](O)[C@@H](O)[C@@H]1NC(C)=O. The number of aliphatic hydroxyl groups is 3. The minimum atomic E-state index is -1.37. The van der Waals surface area contributed by atoms with E-state index in [2.05, 4.69) is 10.3 Å². The summed E-state index contributed by atoms with van der Waals surface area (Å²) >= 11 is 1.20. The fraction of sp³-hybridized carbons (Fsp3) is 0.643. The van der Waals surface area contributed by atoms with Crippen LogP contribution < -0.4 is 10.9 Å². The van der Waals surface area contributed by atoms with Crippen molar-refractivity contribution < 1.29 is 24.9 Å². The van der Waals surface area contributed by atoms with Crippen LogP contribution in [0.1, 0.15) is 18.7 Å². The van der Waals surface area contributed by atoms with Crippen LogP contribution in [0.4, 0.5) is 0 Å². The van der Waals surface area contributed by atoms with Gasteiger partial charge in [0.25, 0.3) is 5.56 Å². The average molecular weight is 359 g/mol. The second kappa shape index (κ2) is 7.62. The molecule has 0 radical (unpaired) electrons. The second-order valence-electron chi connectivity index (χ2n) is 5.58. The third-order valence-corrected chi connectivity index (χ3v) is 4.48. The van der Waals surface area contributed by atoms with E-state index in [4.69, 9.17) is 4.74 Å². The van der Waals surface area contributed by atoms with Gasteiger partial charge in [0.1, 0.15) is 24.4 Å². The Kier molecular flexibility index (Phi) is 5.99. The Hall–Kier alpha value is -1.46. The minimum absolute atomic E-state index is 0.325. The Labute approximate surface area is 142 Å². The van der Waals surface area contributed by atoms with E-state index in [1.165, 1.54) is 29.4 Å². The number of amides is 1. The van der Waals surface area contributed by atoms with E-state index in [9.17, 15) is 24.9 Å². The number of aryl methyl sites for hydroxylation is 1. The highest BCUT2D eigenvalue weighted by Gasteiger charge is 2.45. The normalized spacial score (nSPS) is 30.2. The molecule has 2 heterocycles. The summed E-state index contributed by atoms with van der Waals surface area (Å²) in [6.45, 7) is 2.35. The summed E-state index contributed by atoms with van der Waals surface area (Å²) < 4.78 is 7.20.